The molecule has 1 saturated heterocycles. The van der Waals surface area contributed by atoms with Crippen LogP contribution in [-0.2, 0) is 13.1 Å². The molecule has 1 aliphatic heterocycles. The van der Waals surface area contributed by atoms with Crippen molar-refractivity contribution in [3.8, 4) is 0 Å². The lowest BCUT2D eigenvalue weighted by atomic mass is 9.82. The predicted molar refractivity (Wildman–Crippen MR) is 84.7 cm³/mol. The second kappa shape index (κ2) is 6.38. The highest BCUT2D eigenvalue weighted by Crippen LogP contribution is 2.31. The fourth-order valence-corrected chi connectivity index (χ4v) is 3.66. The van der Waals surface area contributed by atoms with Crippen molar-refractivity contribution in [3.05, 3.63) is 21.4 Å². The molecule has 1 N–H and O–H groups in total. The Labute approximate surface area is 122 Å². The molecule has 0 amide bonds. The first kappa shape index (κ1) is 15.0. The Kier molecular flexibility index (Phi) is 5.04. The molecule has 1 aliphatic rings. The quantitative estimate of drug-likeness (QED) is 0.883. The molecule has 0 radical (unpaired) electrons. The van der Waals surface area contributed by atoms with E-state index < -0.39 is 0 Å². The van der Waals surface area contributed by atoms with Gasteiger partial charge in [-0.05, 0) is 56.4 Å². The highest BCUT2D eigenvalue weighted by atomic mass is 32.1. The summed E-state index contributed by atoms with van der Waals surface area (Å²) in [5.41, 5.74) is 2.09. The summed E-state index contributed by atoms with van der Waals surface area (Å²) < 4.78 is 0. The van der Waals surface area contributed by atoms with Gasteiger partial charge in [0.1, 0.15) is 0 Å². The van der Waals surface area contributed by atoms with Crippen LogP contribution in [0, 0.1) is 12.3 Å². The highest BCUT2D eigenvalue weighted by Gasteiger charge is 2.25. The fraction of sp³-hybridized carbons (Fsp3) is 0.750. The van der Waals surface area contributed by atoms with Gasteiger partial charge in [0.25, 0.3) is 0 Å². The van der Waals surface area contributed by atoms with E-state index >= 15 is 0 Å². The third-order valence-corrected chi connectivity index (χ3v) is 5.32. The van der Waals surface area contributed by atoms with Crippen molar-refractivity contribution in [1.82, 2.24) is 10.2 Å². The van der Waals surface area contributed by atoms with Gasteiger partial charge in [-0.1, -0.05) is 20.8 Å². The zero-order valence-electron chi connectivity index (χ0n) is 12.9. The molecule has 0 saturated carbocycles. The van der Waals surface area contributed by atoms with E-state index in [9.17, 15) is 0 Å². The van der Waals surface area contributed by atoms with E-state index in [1.54, 1.807) is 0 Å². The second-order valence-electron chi connectivity index (χ2n) is 6.51. The third-order valence-electron chi connectivity index (χ3n) is 4.22. The number of aryl methyl sites for hydroxylation is 1. The van der Waals surface area contributed by atoms with Gasteiger partial charge < -0.3 is 5.32 Å². The average molecular weight is 280 g/mol. The molecule has 2 rings (SSSR count). The van der Waals surface area contributed by atoms with Gasteiger partial charge in [0.15, 0.2) is 0 Å². The maximum absolute atomic E-state index is 3.42. The third kappa shape index (κ3) is 4.30. The van der Waals surface area contributed by atoms with Crippen LogP contribution in [0.3, 0.4) is 0 Å². The van der Waals surface area contributed by atoms with Crippen molar-refractivity contribution in [3.63, 3.8) is 0 Å². The van der Waals surface area contributed by atoms with E-state index in [0.717, 1.165) is 19.6 Å². The zero-order valence-corrected chi connectivity index (χ0v) is 13.7. The maximum atomic E-state index is 3.42. The molecule has 1 fully saturated rings. The number of nitrogens with one attached hydrogen (secondary N) is 1. The molecule has 0 aliphatic carbocycles. The minimum Gasteiger partial charge on any atom is -0.312 e. The summed E-state index contributed by atoms with van der Waals surface area (Å²) in [5.74, 6) is 0. The van der Waals surface area contributed by atoms with Crippen LogP contribution in [0.5, 0.6) is 0 Å². The van der Waals surface area contributed by atoms with Crippen molar-refractivity contribution in [2.24, 2.45) is 5.41 Å². The van der Waals surface area contributed by atoms with Crippen LogP contribution in [0.4, 0.5) is 0 Å². The van der Waals surface area contributed by atoms with Gasteiger partial charge in [0.2, 0.25) is 0 Å². The van der Waals surface area contributed by atoms with Crippen molar-refractivity contribution in [2.45, 2.75) is 53.6 Å². The Bertz CT molecular complexity index is 399. The zero-order chi connectivity index (χ0) is 13.9. The molecule has 0 spiro atoms. The van der Waals surface area contributed by atoms with E-state index in [0.29, 0.717) is 5.41 Å². The largest absolute Gasteiger partial charge is 0.312 e. The lowest BCUT2D eigenvalue weighted by molar-refractivity contribution is 0.127. The Morgan fingerprint density at radius 2 is 2.00 bits per heavy atom. The van der Waals surface area contributed by atoms with Gasteiger partial charge in [-0.3, -0.25) is 4.90 Å². The van der Waals surface area contributed by atoms with E-state index in [4.69, 9.17) is 0 Å². The van der Waals surface area contributed by atoms with Crippen molar-refractivity contribution in [1.29, 1.82) is 0 Å². The van der Waals surface area contributed by atoms with Crippen molar-refractivity contribution < 1.29 is 0 Å². The molecule has 19 heavy (non-hydrogen) atoms. The molecule has 1 aromatic rings. The van der Waals surface area contributed by atoms with Crippen LogP contribution in [0.25, 0.3) is 0 Å². The molecule has 2 heterocycles. The number of rotatable bonds is 5. The molecule has 108 valence electrons. The second-order valence-corrected chi connectivity index (χ2v) is 7.86. The molecule has 0 aromatic carbocycles. The monoisotopic (exact) mass is 280 g/mol. The van der Waals surface area contributed by atoms with Gasteiger partial charge in [-0.25, -0.2) is 0 Å². The molecular formula is C16H28N2S. The summed E-state index contributed by atoms with van der Waals surface area (Å²) in [6.07, 6.45) is 2.67. The van der Waals surface area contributed by atoms with Gasteiger partial charge in [-0.15, -0.1) is 11.3 Å². The minimum absolute atomic E-state index is 0.552. The Balaban J connectivity index is 1.90. The predicted octanol–water partition coefficient (Wildman–Crippen LogP) is 3.79. The standard InChI is InChI=1S/C16H28N2S/c1-5-17-11-15-10-14(13(2)19-15)12-18-8-6-16(3,4)7-9-18/h10,17H,5-9,11-12H2,1-4H3. The Morgan fingerprint density at radius 1 is 1.32 bits per heavy atom. The van der Waals surface area contributed by atoms with Crippen molar-refractivity contribution in [2.75, 3.05) is 19.6 Å². The summed E-state index contributed by atoms with van der Waals surface area (Å²) in [5, 5.41) is 3.42. The Morgan fingerprint density at radius 3 is 2.63 bits per heavy atom. The SMILES string of the molecule is CCNCc1cc(CN2CCC(C)(C)CC2)c(C)s1. The maximum Gasteiger partial charge on any atom is 0.0299 e. The van der Waals surface area contributed by atoms with Crippen LogP contribution in [0.1, 0.15) is 48.9 Å². The first-order chi connectivity index (χ1) is 9.00. The van der Waals surface area contributed by atoms with E-state index in [1.165, 1.54) is 41.2 Å². The average Bonchev–Trinajstić information content (AvgIpc) is 2.70. The molecular weight excluding hydrogens is 252 g/mol. The molecule has 0 unspecified atom stereocenters. The smallest absolute Gasteiger partial charge is 0.0299 e. The fourth-order valence-electron chi connectivity index (χ4n) is 2.64. The summed E-state index contributed by atoms with van der Waals surface area (Å²) in [6.45, 7) is 15.0. The van der Waals surface area contributed by atoms with Gasteiger partial charge in [-0.2, -0.15) is 0 Å². The van der Waals surface area contributed by atoms with Crippen LogP contribution < -0.4 is 5.32 Å². The molecule has 3 heteroatoms. The summed E-state index contributed by atoms with van der Waals surface area (Å²) in [7, 11) is 0. The van der Waals surface area contributed by atoms with Crippen LogP contribution in [0.15, 0.2) is 6.07 Å². The number of hydrogen-bond acceptors (Lipinski definition) is 3. The number of piperidine rings is 1. The number of hydrogen-bond donors (Lipinski definition) is 1. The van der Waals surface area contributed by atoms with Crippen LogP contribution >= 0.6 is 11.3 Å². The molecule has 2 nitrogen and oxygen atoms in total. The normalized spacial score (nSPS) is 19.8. The summed E-state index contributed by atoms with van der Waals surface area (Å²) in [4.78, 5) is 5.60. The van der Waals surface area contributed by atoms with E-state index in [1.807, 2.05) is 11.3 Å². The van der Waals surface area contributed by atoms with Gasteiger partial charge in [0, 0.05) is 22.8 Å². The summed E-state index contributed by atoms with van der Waals surface area (Å²) in [6, 6.07) is 2.41. The van der Waals surface area contributed by atoms with Crippen molar-refractivity contribution >= 4 is 11.3 Å². The number of nitrogens with zero attached hydrogens (tertiary/aromatic N) is 1. The van der Waals surface area contributed by atoms with Crippen LogP contribution in [0.2, 0.25) is 0 Å². The highest BCUT2D eigenvalue weighted by molar-refractivity contribution is 7.12. The topological polar surface area (TPSA) is 15.3 Å². The summed E-state index contributed by atoms with van der Waals surface area (Å²) >= 11 is 1.95. The number of likely N-dealkylation sites (tertiary alicyclic amines) is 1. The molecule has 0 bridgehead atoms. The molecule has 0 atom stereocenters. The lowest BCUT2D eigenvalue weighted by Crippen LogP contribution is -2.36. The lowest BCUT2D eigenvalue weighted by Gasteiger charge is -2.36. The Hall–Kier alpha value is -0.380. The van der Waals surface area contributed by atoms with E-state index in [2.05, 4.69) is 44.0 Å². The first-order valence-electron chi connectivity index (χ1n) is 7.51. The minimum atomic E-state index is 0.552. The van der Waals surface area contributed by atoms with E-state index in [-0.39, 0.29) is 0 Å². The molecule has 1 aromatic heterocycles. The first-order valence-corrected chi connectivity index (χ1v) is 8.33. The van der Waals surface area contributed by atoms with Crippen LogP contribution in [-0.4, -0.2) is 24.5 Å². The van der Waals surface area contributed by atoms with Gasteiger partial charge in [0.05, 0.1) is 0 Å². The van der Waals surface area contributed by atoms with Gasteiger partial charge >= 0.3 is 0 Å². The number of thiophene rings is 1.